The fourth-order valence-corrected chi connectivity index (χ4v) is 2.56. The van der Waals surface area contributed by atoms with Crippen LogP contribution < -0.4 is 15.4 Å². The van der Waals surface area contributed by atoms with Gasteiger partial charge in [-0.3, -0.25) is 4.99 Å². The Balaban J connectivity index is 1.86. The van der Waals surface area contributed by atoms with E-state index >= 15 is 0 Å². The molecule has 0 aliphatic heterocycles. The molecule has 0 aliphatic rings. The van der Waals surface area contributed by atoms with Crippen molar-refractivity contribution >= 4 is 5.96 Å². The van der Waals surface area contributed by atoms with Crippen LogP contribution in [-0.4, -0.2) is 26.7 Å². The van der Waals surface area contributed by atoms with E-state index in [0.717, 1.165) is 23.9 Å². The fourth-order valence-electron chi connectivity index (χ4n) is 2.56. The quantitative estimate of drug-likeness (QED) is 0.563. The van der Waals surface area contributed by atoms with Gasteiger partial charge in [0.05, 0.1) is 13.7 Å². The number of hydrogen-bond acceptors (Lipinski definition) is 3. The van der Waals surface area contributed by atoms with Crippen molar-refractivity contribution in [1.29, 1.82) is 0 Å². The van der Waals surface area contributed by atoms with Crippen molar-refractivity contribution in [1.82, 2.24) is 10.6 Å². The van der Waals surface area contributed by atoms with Crippen molar-refractivity contribution in [2.75, 3.05) is 20.8 Å². The first-order valence-electron chi connectivity index (χ1n) is 8.89. The number of nitrogens with one attached hydrogen (secondary N) is 2. The maximum Gasteiger partial charge on any atom is 0.191 e. The van der Waals surface area contributed by atoms with Crippen LogP contribution in [0.25, 0.3) is 0 Å². The molecule has 0 saturated carbocycles. The van der Waals surface area contributed by atoms with Gasteiger partial charge in [0.1, 0.15) is 5.75 Å². The molecule has 5 nitrogen and oxygen atoms in total. The Labute approximate surface area is 156 Å². The summed E-state index contributed by atoms with van der Waals surface area (Å²) in [4.78, 5) is 4.28. The molecule has 0 amide bonds. The molecule has 0 aromatic heterocycles. The molecule has 2 N–H and O–H groups in total. The average molecular weight is 355 g/mol. The summed E-state index contributed by atoms with van der Waals surface area (Å²) in [5, 5.41) is 6.66. The highest BCUT2D eigenvalue weighted by Gasteiger charge is 2.05. The second-order valence-electron chi connectivity index (χ2n) is 6.05. The zero-order valence-electron chi connectivity index (χ0n) is 16.1. The van der Waals surface area contributed by atoms with E-state index in [1.165, 1.54) is 16.7 Å². The Bertz CT molecular complexity index is 712. The summed E-state index contributed by atoms with van der Waals surface area (Å²) in [7, 11) is 3.47. The standard InChI is InChI=1S/C21H29N3O2/c1-5-26-15-18-9-7-17(8-10-18)13-23-21(22-3)24-14-19-11-6-16(2)12-20(19)25-4/h6-12H,5,13-15H2,1-4H3,(H2,22,23,24). The normalized spacial score (nSPS) is 11.3. The van der Waals surface area contributed by atoms with E-state index < -0.39 is 0 Å². The lowest BCUT2D eigenvalue weighted by Crippen LogP contribution is -2.36. The molecule has 2 rings (SSSR count). The molecule has 5 heteroatoms. The number of methoxy groups -OCH3 is 1. The third-order valence-corrected chi connectivity index (χ3v) is 4.07. The van der Waals surface area contributed by atoms with Crippen molar-refractivity contribution in [3.63, 3.8) is 0 Å². The Morgan fingerprint density at radius 2 is 1.69 bits per heavy atom. The lowest BCUT2D eigenvalue weighted by Gasteiger charge is -2.14. The van der Waals surface area contributed by atoms with Crippen molar-refractivity contribution < 1.29 is 9.47 Å². The molecule has 0 heterocycles. The van der Waals surface area contributed by atoms with E-state index in [4.69, 9.17) is 9.47 Å². The summed E-state index contributed by atoms with van der Waals surface area (Å²) in [6, 6.07) is 14.6. The van der Waals surface area contributed by atoms with Crippen LogP contribution >= 0.6 is 0 Å². The SMILES string of the molecule is CCOCc1ccc(CNC(=NC)NCc2ccc(C)cc2OC)cc1. The molecule has 0 fully saturated rings. The molecule has 0 radical (unpaired) electrons. The van der Waals surface area contributed by atoms with E-state index in [-0.39, 0.29) is 0 Å². The van der Waals surface area contributed by atoms with Gasteiger partial charge < -0.3 is 20.1 Å². The lowest BCUT2D eigenvalue weighted by molar-refractivity contribution is 0.134. The van der Waals surface area contributed by atoms with Crippen LogP contribution in [0.5, 0.6) is 5.75 Å². The molecule has 0 unspecified atom stereocenters. The monoisotopic (exact) mass is 355 g/mol. The van der Waals surface area contributed by atoms with Gasteiger partial charge in [-0.15, -0.1) is 0 Å². The number of benzene rings is 2. The molecule has 26 heavy (non-hydrogen) atoms. The minimum Gasteiger partial charge on any atom is -0.496 e. The van der Waals surface area contributed by atoms with E-state index in [1.807, 2.05) is 13.0 Å². The van der Waals surface area contributed by atoms with Crippen LogP contribution in [0.4, 0.5) is 0 Å². The first kappa shape index (κ1) is 19.8. The summed E-state index contributed by atoms with van der Waals surface area (Å²) < 4.78 is 10.9. The van der Waals surface area contributed by atoms with Crippen LogP contribution in [-0.2, 0) is 24.4 Å². The number of aryl methyl sites for hydroxylation is 1. The van der Waals surface area contributed by atoms with Crippen LogP contribution in [0.3, 0.4) is 0 Å². The first-order valence-corrected chi connectivity index (χ1v) is 8.89. The highest BCUT2D eigenvalue weighted by Crippen LogP contribution is 2.19. The maximum absolute atomic E-state index is 5.45. The first-order chi connectivity index (χ1) is 12.7. The predicted molar refractivity (Wildman–Crippen MR) is 107 cm³/mol. The van der Waals surface area contributed by atoms with Crippen molar-refractivity contribution in [3.05, 3.63) is 64.7 Å². The molecular weight excluding hydrogens is 326 g/mol. The third-order valence-electron chi connectivity index (χ3n) is 4.07. The second-order valence-corrected chi connectivity index (χ2v) is 6.05. The molecule has 0 aliphatic carbocycles. The predicted octanol–water partition coefficient (Wildman–Crippen LogP) is 3.41. The van der Waals surface area contributed by atoms with Gasteiger partial charge >= 0.3 is 0 Å². The van der Waals surface area contributed by atoms with Gasteiger partial charge in [-0.2, -0.15) is 0 Å². The zero-order chi connectivity index (χ0) is 18.8. The van der Waals surface area contributed by atoms with Gasteiger partial charge in [-0.05, 0) is 36.6 Å². The molecule has 2 aromatic carbocycles. The van der Waals surface area contributed by atoms with Gasteiger partial charge in [0, 0.05) is 32.3 Å². The zero-order valence-corrected chi connectivity index (χ0v) is 16.1. The van der Waals surface area contributed by atoms with Crippen LogP contribution in [0.15, 0.2) is 47.5 Å². The van der Waals surface area contributed by atoms with Gasteiger partial charge in [-0.1, -0.05) is 36.4 Å². The average Bonchev–Trinajstić information content (AvgIpc) is 2.68. The molecule has 0 spiro atoms. The van der Waals surface area contributed by atoms with E-state index in [2.05, 4.69) is 58.9 Å². The minimum atomic E-state index is 0.649. The van der Waals surface area contributed by atoms with E-state index in [0.29, 0.717) is 19.7 Å². The third kappa shape index (κ3) is 6.08. The molecular formula is C21H29N3O2. The summed E-state index contributed by atoms with van der Waals surface area (Å²) in [5.74, 6) is 1.64. The summed E-state index contributed by atoms with van der Waals surface area (Å²) >= 11 is 0. The lowest BCUT2D eigenvalue weighted by atomic mass is 10.1. The number of ether oxygens (including phenoxy) is 2. The Hall–Kier alpha value is -2.53. The number of hydrogen-bond donors (Lipinski definition) is 2. The smallest absolute Gasteiger partial charge is 0.191 e. The van der Waals surface area contributed by atoms with Crippen molar-refractivity contribution in [2.24, 2.45) is 4.99 Å². The number of guanidine groups is 1. The summed E-state index contributed by atoms with van der Waals surface area (Å²) in [5.41, 5.74) is 4.66. The number of nitrogens with zero attached hydrogens (tertiary/aromatic N) is 1. The van der Waals surface area contributed by atoms with Gasteiger partial charge in [-0.25, -0.2) is 0 Å². The summed E-state index contributed by atoms with van der Waals surface area (Å²) in [6.07, 6.45) is 0. The fraction of sp³-hybridized carbons (Fsp3) is 0.381. The minimum absolute atomic E-state index is 0.649. The van der Waals surface area contributed by atoms with Crippen LogP contribution in [0, 0.1) is 6.92 Å². The Morgan fingerprint density at radius 3 is 2.35 bits per heavy atom. The van der Waals surface area contributed by atoms with Crippen LogP contribution in [0.1, 0.15) is 29.2 Å². The van der Waals surface area contributed by atoms with Gasteiger partial charge in [0.2, 0.25) is 0 Å². The van der Waals surface area contributed by atoms with E-state index in [9.17, 15) is 0 Å². The van der Waals surface area contributed by atoms with Crippen molar-refractivity contribution in [2.45, 2.75) is 33.5 Å². The Morgan fingerprint density at radius 1 is 1.00 bits per heavy atom. The second kappa shape index (κ2) is 10.5. The summed E-state index contributed by atoms with van der Waals surface area (Å²) in [6.45, 7) is 6.81. The number of rotatable bonds is 8. The van der Waals surface area contributed by atoms with Crippen molar-refractivity contribution in [3.8, 4) is 5.75 Å². The highest BCUT2D eigenvalue weighted by atomic mass is 16.5. The number of aliphatic imine (C=N–C) groups is 1. The molecule has 0 saturated heterocycles. The molecule has 0 atom stereocenters. The largest absolute Gasteiger partial charge is 0.496 e. The molecule has 2 aromatic rings. The Kier molecular flexibility index (Phi) is 7.96. The maximum atomic E-state index is 5.45. The van der Waals surface area contributed by atoms with Gasteiger partial charge in [0.25, 0.3) is 0 Å². The van der Waals surface area contributed by atoms with Crippen LogP contribution in [0.2, 0.25) is 0 Å². The highest BCUT2D eigenvalue weighted by molar-refractivity contribution is 5.79. The molecule has 140 valence electrons. The topological polar surface area (TPSA) is 54.9 Å². The molecule has 0 bridgehead atoms. The van der Waals surface area contributed by atoms with E-state index in [1.54, 1.807) is 14.2 Å². The van der Waals surface area contributed by atoms with Gasteiger partial charge in [0.15, 0.2) is 5.96 Å².